The first kappa shape index (κ1) is 19.0. The maximum absolute atomic E-state index is 13.9. The van der Waals surface area contributed by atoms with E-state index in [1.54, 1.807) is 23.6 Å². The van der Waals surface area contributed by atoms with Gasteiger partial charge in [-0.2, -0.15) is 0 Å². The van der Waals surface area contributed by atoms with Crippen molar-refractivity contribution in [1.29, 1.82) is 0 Å². The fourth-order valence-electron chi connectivity index (χ4n) is 2.83. The molecule has 4 rings (SSSR count). The molecule has 1 unspecified atom stereocenters. The summed E-state index contributed by atoms with van der Waals surface area (Å²) in [5.74, 6) is -1.15. The summed E-state index contributed by atoms with van der Waals surface area (Å²) in [7, 11) is 1.39. The number of aromatic nitrogens is 1. The van der Waals surface area contributed by atoms with Crippen LogP contribution < -0.4 is 10.1 Å². The Hall–Kier alpha value is -3.33. The Morgan fingerprint density at radius 3 is 2.86 bits per heavy atom. The predicted molar refractivity (Wildman–Crippen MR) is 105 cm³/mol. The Morgan fingerprint density at radius 2 is 2.10 bits per heavy atom. The van der Waals surface area contributed by atoms with Gasteiger partial charge < -0.3 is 9.57 Å². The van der Waals surface area contributed by atoms with Gasteiger partial charge in [0.15, 0.2) is 16.7 Å². The van der Waals surface area contributed by atoms with Gasteiger partial charge in [0, 0.05) is 22.9 Å². The summed E-state index contributed by atoms with van der Waals surface area (Å²) in [6, 6.07) is 10.5. The van der Waals surface area contributed by atoms with Crippen molar-refractivity contribution in [2.75, 3.05) is 12.4 Å². The van der Waals surface area contributed by atoms with Crippen molar-refractivity contribution >= 4 is 28.1 Å². The fraction of sp³-hybridized carbons (Fsp3) is 0.150. The van der Waals surface area contributed by atoms with Crippen molar-refractivity contribution in [3.05, 3.63) is 65.0 Å². The van der Waals surface area contributed by atoms with Crippen LogP contribution in [0.5, 0.6) is 5.75 Å². The average Bonchev–Trinajstić information content (AvgIpc) is 3.38. The molecule has 0 bridgehead atoms. The highest BCUT2D eigenvalue weighted by Crippen LogP contribution is 2.29. The lowest BCUT2D eigenvalue weighted by Gasteiger charge is -2.07. The number of methoxy groups -OCH3 is 1. The van der Waals surface area contributed by atoms with E-state index in [0.29, 0.717) is 27.7 Å². The van der Waals surface area contributed by atoms with Crippen molar-refractivity contribution in [3.63, 3.8) is 0 Å². The first-order valence-corrected chi connectivity index (χ1v) is 9.50. The van der Waals surface area contributed by atoms with E-state index in [9.17, 15) is 13.6 Å². The molecule has 1 aliphatic heterocycles. The third-order valence-electron chi connectivity index (χ3n) is 4.30. The molecule has 2 heterocycles. The summed E-state index contributed by atoms with van der Waals surface area (Å²) >= 11 is 1.21. The topological polar surface area (TPSA) is 72.8 Å². The van der Waals surface area contributed by atoms with E-state index in [-0.39, 0.29) is 18.0 Å². The van der Waals surface area contributed by atoms with Crippen molar-refractivity contribution in [2.24, 2.45) is 5.16 Å². The first-order chi connectivity index (χ1) is 14.0. The molecule has 0 aliphatic carbocycles. The Kier molecular flexibility index (Phi) is 5.22. The van der Waals surface area contributed by atoms with Crippen LogP contribution in [-0.2, 0) is 9.63 Å². The molecule has 1 atom stereocenters. The highest BCUT2D eigenvalue weighted by atomic mass is 32.1. The number of halogens is 2. The Morgan fingerprint density at radius 1 is 1.24 bits per heavy atom. The number of nitrogens with one attached hydrogen (secondary N) is 1. The Labute approximate surface area is 168 Å². The van der Waals surface area contributed by atoms with Crippen molar-refractivity contribution in [2.45, 2.75) is 12.5 Å². The lowest BCUT2D eigenvalue weighted by atomic mass is 10.0. The normalized spacial score (nSPS) is 15.6. The number of carbonyl (C=O) groups excluding carboxylic acids is 1. The summed E-state index contributed by atoms with van der Waals surface area (Å²) in [6.45, 7) is 0. The number of carbonyl (C=O) groups is 1. The van der Waals surface area contributed by atoms with E-state index in [0.717, 1.165) is 0 Å². The molecular weight excluding hydrogens is 400 g/mol. The number of amides is 1. The summed E-state index contributed by atoms with van der Waals surface area (Å²) in [6.07, 6.45) is -0.615. The van der Waals surface area contributed by atoms with Crippen LogP contribution in [0.25, 0.3) is 11.3 Å². The van der Waals surface area contributed by atoms with Crippen LogP contribution in [-0.4, -0.2) is 29.8 Å². The van der Waals surface area contributed by atoms with Gasteiger partial charge in [0.05, 0.1) is 18.5 Å². The average molecular weight is 415 g/mol. The molecule has 2 aromatic carbocycles. The minimum atomic E-state index is -0.834. The molecular formula is C20H15F2N3O3S. The molecule has 9 heteroatoms. The van der Waals surface area contributed by atoms with Crippen LogP contribution in [0, 0.1) is 11.6 Å². The number of nitrogens with zero attached hydrogens (tertiary/aromatic N) is 2. The second-order valence-electron chi connectivity index (χ2n) is 6.22. The van der Waals surface area contributed by atoms with Gasteiger partial charge >= 0.3 is 0 Å². The van der Waals surface area contributed by atoms with Crippen molar-refractivity contribution in [3.8, 4) is 17.0 Å². The number of rotatable bonds is 5. The fourth-order valence-corrected chi connectivity index (χ4v) is 3.55. The number of hydrogen-bond donors (Lipinski definition) is 1. The molecule has 6 nitrogen and oxygen atoms in total. The maximum atomic E-state index is 13.9. The number of hydrogen-bond acceptors (Lipinski definition) is 6. The highest BCUT2D eigenvalue weighted by molar-refractivity contribution is 7.14. The standard InChI is InChI=1S/C20H15F2N3O3S/c1-27-17-6-5-12(8-14(17)22)16-10-29-20(23-16)24-19(26)18-9-15(25-28-18)11-3-2-4-13(21)7-11/h2-8,10,18H,9H2,1H3,(H,23,24,26). The predicted octanol–water partition coefficient (Wildman–Crippen LogP) is 4.23. The number of oxime groups is 1. The van der Waals surface area contributed by atoms with Crippen molar-refractivity contribution < 1.29 is 23.1 Å². The van der Waals surface area contributed by atoms with E-state index in [1.165, 1.54) is 42.7 Å². The van der Waals surface area contributed by atoms with Gasteiger partial charge in [-0.1, -0.05) is 17.3 Å². The molecule has 1 amide bonds. The third kappa shape index (κ3) is 4.09. The summed E-state index contributed by atoms with van der Waals surface area (Å²) < 4.78 is 32.2. The van der Waals surface area contributed by atoms with E-state index in [1.807, 2.05) is 0 Å². The van der Waals surface area contributed by atoms with E-state index < -0.39 is 17.8 Å². The Bertz CT molecular complexity index is 1100. The Balaban J connectivity index is 1.41. The maximum Gasteiger partial charge on any atom is 0.270 e. The molecule has 0 spiro atoms. The van der Waals surface area contributed by atoms with Gasteiger partial charge in [0.2, 0.25) is 6.10 Å². The zero-order valence-electron chi connectivity index (χ0n) is 15.2. The van der Waals surface area contributed by atoms with E-state index in [4.69, 9.17) is 9.57 Å². The van der Waals surface area contributed by atoms with Gasteiger partial charge in [0.1, 0.15) is 5.82 Å². The van der Waals surface area contributed by atoms with Gasteiger partial charge in [-0.3, -0.25) is 10.1 Å². The minimum absolute atomic E-state index is 0.144. The lowest BCUT2D eigenvalue weighted by Crippen LogP contribution is -2.28. The molecule has 0 saturated carbocycles. The van der Waals surface area contributed by atoms with Crippen LogP contribution >= 0.6 is 11.3 Å². The van der Waals surface area contributed by atoms with E-state index in [2.05, 4.69) is 15.5 Å². The van der Waals surface area contributed by atoms with Gasteiger partial charge in [-0.25, -0.2) is 13.8 Å². The molecule has 0 fully saturated rings. The van der Waals surface area contributed by atoms with Crippen LogP contribution in [0.4, 0.5) is 13.9 Å². The quantitative estimate of drug-likeness (QED) is 0.677. The minimum Gasteiger partial charge on any atom is -0.494 e. The highest BCUT2D eigenvalue weighted by Gasteiger charge is 2.29. The van der Waals surface area contributed by atoms with Crippen molar-refractivity contribution in [1.82, 2.24) is 4.98 Å². The molecule has 29 heavy (non-hydrogen) atoms. The molecule has 0 saturated heterocycles. The zero-order valence-corrected chi connectivity index (χ0v) is 16.0. The summed E-state index contributed by atoms with van der Waals surface area (Å²) in [5.41, 5.74) is 2.15. The van der Waals surface area contributed by atoms with Gasteiger partial charge in [-0.05, 0) is 30.3 Å². The van der Waals surface area contributed by atoms with Crippen LogP contribution in [0.1, 0.15) is 12.0 Å². The monoisotopic (exact) mass is 415 g/mol. The molecule has 148 valence electrons. The van der Waals surface area contributed by atoms with E-state index >= 15 is 0 Å². The molecule has 1 aromatic heterocycles. The number of ether oxygens (including phenoxy) is 1. The molecule has 1 aliphatic rings. The zero-order chi connectivity index (χ0) is 20.4. The molecule has 0 radical (unpaired) electrons. The number of benzene rings is 2. The third-order valence-corrected chi connectivity index (χ3v) is 5.06. The van der Waals surface area contributed by atoms with Crippen LogP contribution in [0.2, 0.25) is 0 Å². The molecule has 1 N–H and O–H groups in total. The smallest absolute Gasteiger partial charge is 0.270 e. The van der Waals surface area contributed by atoms with Gasteiger partial charge in [-0.15, -0.1) is 11.3 Å². The summed E-state index contributed by atoms with van der Waals surface area (Å²) in [5, 5.41) is 8.62. The van der Waals surface area contributed by atoms with Crippen LogP contribution in [0.3, 0.4) is 0 Å². The van der Waals surface area contributed by atoms with Gasteiger partial charge in [0.25, 0.3) is 5.91 Å². The number of anilines is 1. The molecule has 3 aromatic rings. The second kappa shape index (κ2) is 7.96. The SMILES string of the molecule is COc1ccc(-c2csc(NC(=O)C3CC(c4cccc(F)c4)=NO3)n2)cc1F. The lowest BCUT2D eigenvalue weighted by molar-refractivity contribution is -0.125. The first-order valence-electron chi connectivity index (χ1n) is 8.62. The second-order valence-corrected chi connectivity index (χ2v) is 7.08. The van der Waals surface area contributed by atoms with Crippen LogP contribution in [0.15, 0.2) is 53.0 Å². The number of thiazole rings is 1. The summed E-state index contributed by atoms with van der Waals surface area (Å²) in [4.78, 5) is 22.0. The largest absolute Gasteiger partial charge is 0.494 e.